The first kappa shape index (κ1) is 24.1. The van der Waals surface area contributed by atoms with Crippen molar-refractivity contribution >= 4 is 28.5 Å². The van der Waals surface area contributed by atoms with Gasteiger partial charge in [0.05, 0.1) is 23.6 Å². The van der Waals surface area contributed by atoms with Crippen molar-refractivity contribution in [1.29, 1.82) is 0 Å². The molecule has 5 rings (SSSR count). The zero-order chi connectivity index (χ0) is 25.1. The van der Waals surface area contributed by atoms with E-state index < -0.39 is 6.04 Å². The third kappa shape index (κ3) is 4.76. The Morgan fingerprint density at radius 1 is 0.972 bits per heavy atom. The van der Waals surface area contributed by atoms with Gasteiger partial charge in [0.2, 0.25) is 5.76 Å². The molecule has 6 heteroatoms. The maximum absolute atomic E-state index is 13.7. The van der Waals surface area contributed by atoms with E-state index in [1.54, 1.807) is 23.1 Å². The first-order valence-corrected chi connectivity index (χ1v) is 12.8. The number of hydrogen-bond acceptors (Lipinski definition) is 4. The highest BCUT2D eigenvalue weighted by atomic mass is 35.5. The average Bonchev–Trinajstić information content (AvgIpc) is 3.18. The monoisotopic (exact) mass is 501 g/mol. The highest BCUT2D eigenvalue weighted by Crippen LogP contribution is 2.39. The van der Waals surface area contributed by atoms with Gasteiger partial charge in [0, 0.05) is 11.6 Å². The van der Waals surface area contributed by atoms with Gasteiger partial charge < -0.3 is 14.1 Å². The van der Waals surface area contributed by atoms with Crippen molar-refractivity contribution in [2.24, 2.45) is 0 Å². The van der Waals surface area contributed by atoms with Crippen molar-refractivity contribution in [3.63, 3.8) is 0 Å². The molecule has 0 fully saturated rings. The first-order valence-electron chi connectivity index (χ1n) is 12.4. The minimum absolute atomic E-state index is 0.0992. The molecule has 1 amide bonds. The van der Waals surface area contributed by atoms with Crippen molar-refractivity contribution in [2.45, 2.75) is 38.6 Å². The van der Waals surface area contributed by atoms with Crippen LogP contribution >= 0.6 is 11.6 Å². The molecule has 5 nitrogen and oxygen atoms in total. The van der Waals surface area contributed by atoms with Crippen molar-refractivity contribution in [1.82, 2.24) is 4.90 Å². The van der Waals surface area contributed by atoms with Gasteiger partial charge in [-0.1, -0.05) is 73.8 Å². The predicted octanol–water partition coefficient (Wildman–Crippen LogP) is 6.80. The minimum atomic E-state index is -0.574. The van der Waals surface area contributed by atoms with Gasteiger partial charge in [-0.2, -0.15) is 0 Å². The van der Waals surface area contributed by atoms with Crippen LogP contribution in [0.2, 0.25) is 5.02 Å². The highest BCUT2D eigenvalue weighted by Gasteiger charge is 2.42. The van der Waals surface area contributed by atoms with E-state index in [-0.39, 0.29) is 17.1 Å². The van der Waals surface area contributed by atoms with E-state index in [0.717, 1.165) is 36.1 Å². The topological polar surface area (TPSA) is 59.8 Å². The number of amides is 1. The van der Waals surface area contributed by atoms with Crippen LogP contribution in [0.3, 0.4) is 0 Å². The van der Waals surface area contributed by atoms with Gasteiger partial charge in [-0.25, -0.2) is 0 Å². The molecule has 0 bridgehead atoms. The Labute approximate surface area is 215 Å². The van der Waals surface area contributed by atoms with Gasteiger partial charge in [0.25, 0.3) is 5.91 Å². The lowest BCUT2D eigenvalue weighted by Crippen LogP contribution is -2.31. The summed E-state index contributed by atoms with van der Waals surface area (Å²) in [6, 6.07) is 22.0. The number of rotatable bonds is 9. The largest absolute Gasteiger partial charge is 0.494 e. The zero-order valence-corrected chi connectivity index (χ0v) is 21.0. The number of fused-ring (bicyclic) bond motifs is 2. The number of hydrogen-bond donors (Lipinski definition) is 0. The van der Waals surface area contributed by atoms with Crippen LogP contribution in [0.4, 0.5) is 0 Å². The summed E-state index contributed by atoms with van der Waals surface area (Å²) in [6.45, 7) is 3.22. The normalized spacial score (nSPS) is 14.9. The molecule has 0 aliphatic carbocycles. The van der Waals surface area contributed by atoms with Crippen LogP contribution in [0, 0.1) is 0 Å². The van der Waals surface area contributed by atoms with Gasteiger partial charge in [-0.15, -0.1) is 0 Å². The van der Waals surface area contributed by atoms with Crippen molar-refractivity contribution in [3.8, 4) is 5.75 Å². The molecule has 36 heavy (non-hydrogen) atoms. The molecule has 1 aliphatic heterocycles. The number of ether oxygens (including phenoxy) is 1. The van der Waals surface area contributed by atoms with Crippen molar-refractivity contribution < 1.29 is 13.9 Å². The lowest BCUT2D eigenvalue weighted by molar-refractivity contribution is 0.0730. The van der Waals surface area contributed by atoms with E-state index in [1.165, 1.54) is 0 Å². The molecule has 0 saturated carbocycles. The lowest BCUT2D eigenvalue weighted by Gasteiger charge is -2.25. The molecule has 1 aromatic heterocycles. The van der Waals surface area contributed by atoms with Gasteiger partial charge in [-0.3, -0.25) is 9.59 Å². The number of halogens is 1. The SMILES string of the molecule is CCCCCOc1cccc(C2c3c(oc4ccc(Cl)cc4c3=O)C(=O)N2CCc2ccccc2)c1. The second-order valence-electron chi connectivity index (χ2n) is 9.08. The molecule has 0 spiro atoms. The molecule has 1 atom stereocenters. The lowest BCUT2D eigenvalue weighted by atomic mass is 9.98. The summed E-state index contributed by atoms with van der Waals surface area (Å²) in [4.78, 5) is 29.1. The molecular weight excluding hydrogens is 474 g/mol. The number of carbonyl (C=O) groups excluding carboxylic acids is 1. The number of benzene rings is 3. The molecule has 0 radical (unpaired) electrons. The molecule has 0 saturated heterocycles. The van der Waals surface area contributed by atoms with Crippen LogP contribution in [0.1, 0.15) is 59.5 Å². The van der Waals surface area contributed by atoms with Gasteiger partial charge >= 0.3 is 0 Å². The van der Waals surface area contributed by atoms with Crippen LogP contribution < -0.4 is 10.2 Å². The Morgan fingerprint density at radius 2 is 1.81 bits per heavy atom. The van der Waals surface area contributed by atoms with E-state index in [1.807, 2.05) is 54.6 Å². The molecular formula is C30H28ClNO4. The number of carbonyl (C=O) groups is 1. The number of unbranched alkanes of at least 4 members (excludes halogenated alkanes) is 2. The van der Waals surface area contributed by atoms with Crippen LogP contribution in [-0.4, -0.2) is 24.0 Å². The maximum atomic E-state index is 13.7. The second kappa shape index (κ2) is 10.6. The van der Waals surface area contributed by atoms with Crippen molar-refractivity contribution in [3.05, 3.63) is 110 Å². The standard InChI is InChI=1S/C30H28ClNO4/c1-2-3-7-17-35-23-12-8-11-21(18-23)27-26-28(33)24-19-22(31)13-14-25(24)36-29(26)30(34)32(27)16-15-20-9-5-4-6-10-20/h4-6,8-14,18-19,27H,2-3,7,15-17H2,1H3. The molecule has 184 valence electrons. The third-order valence-electron chi connectivity index (χ3n) is 6.60. The van der Waals surface area contributed by atoms with Gasteiger partial charge in [-0.05, 0) is 54.3 Å². The fraction of sp³-hybridized carbons (Fsp3) is 0.267. The highest BCUT2D eigenvalue weighted by molar-refractivity contribution is 6.31. The molecule has 1 unspecified atom stereocenters. The van der Waals surface area contributed by atoms with Crippen LogP contribution in [0.5, 0.6) is 5.75 Å². The Hall–Kier alpha value is -3.57. The summed E-state index contributed by atoms with van der Waals surface area (Å²) in [7, 11) is 0. The summed E-state index contributed by atoms with van der Waals surface area (Å²) in [5, 5.41) is 0.815. The predicted molar refractivity (Wildman–Crippen MR) is 142 cm³/mol. The van der Waals surface area contributed by atoms with E-state index in [4.69, 9.17) is 20.8 Å². The first-order chi connectivity index (χ1) is 17.6. The maximum Gasteiger partial charge on any atom is 0.290 e. The van der Waals surface area contributed by atoms with Gasteiger partial charge in [0.1, 0.15) is 11.3 Å². The summed E-state index contributed by atoms with van der Waals surface area (Å²) >= 11 is 6.19. The Balaban J connectivity index is 1.57. The Morgan fingerprint density at radius 3 is 2.61 bits per heavy atom. The molecule has 2 heterocycles. The van der Waals surface area contributed by atoms with E-state index in [9.17, 15) is 9.59 Å². The molecule has 0 N–H and O–H groups in total. The van der Waals surface area contributed by atoms with E-state index >= 15 is 0 Å². The number of nitrogens with zero attached hydrogens (tertiary/aromatic N) is 1. The van der Waals surface area contributed by atoms with Crippen molar-refractivity contribution in [2.75, 3.05) is 13.2 Å². The summed E-state index contributed by atoms with van der Waals surface area (Å²) in [5.74, 6) is 0.539. The smallest absolute Gasteiger partial charge is 0.290 e. The minimum Gasteiger partial charge on any atom is -0.494 e. The molecule has 4 aromatic rings. The molecule has 3 aromatic carbocycles. The zero-order valence-electron chi connectivity index (χ0n) is 20.2. The quantitative estimate of drug-likeness (QED) is 0.236. The van der Waals surface area contributed by atoms with Crippen LogP contribution in [0.25, 0.3) is 11.0 Å². The summed E-state index contributed by atoms with van der Waals surface area (Å²) in [5.41, 5.74) is 2.41. The van der Waals surface area contributed by atoms with Crippen LogP contribution in [-0.2, 0) is 6.42 Å². The molecule has 1 aliphatic rings. The average molecular weight is 502 g/mol. The van der Waals surface area contributed by atoms with E-state index in [0.29, 0.717) is 41.1 Å². The fourth-order valence-corrected chi connectivity index (χ4v) is 4.95. The second-order valence-corrected chi connectivity index (χ2v) is 9.52. The van der Waals surface area contributed by atoms with E-state index in [2.05, 4.69) is 6.92 Å². The van der Waals surface area contributed by atoms with Gasteiger partial charge in [0.15, 0.2) is 5.43 Å². The third-order valence-corrected chi connectivity index (χ3v) is 6.84. The Bertz CT molecular complexity index is 1450. The van der Waals surface area contributed by atoms with Crippen LogP contribution in [0.15, 0.2) is 82.0 Å². The fourth-order valence-electron chi connectivity index (χ4n) is 4.78. The summed E-state index contributed by atoms with van der Waals surface area (Å²) in [6.07, 6.45) is 3.86. The Kier molecular flexibility index (Phi) is 7.10. The summed E-state index contributed by atoms with van der Waals surface area (Å²) < 4.78 is 12.0.